The third kappa shape index (κ3) is 5.09. The summed E-state index contributed by atoms with van der Waals surface area (Å²) in [5, 5.41) is 9.03. The van der Waals surface area contributed by atoms with Crippen LogP contribution < -0.4 is 0 Å². The molecule has 1 aromatic heterocycles. The predicted molar refractivity (Wildman–Crippen MR) is 107 cm³/mol. The van der Waals surface area contributed by atoms with Crippen molar-refractivity contribution in [3.8, 4) is 6.07 Å². The van der Waals surface area contributed by atoms with Crippen LogP contribution in [0.4, 0.5) is 9.18 Å². The summed E-state index contributed by atoms with van der Waals surface area (Å²) in [5.41, 5.74) is 1.09. The lowest BCUT2D eigenvalue weighted by atomic mass is 9.96. The van der Waals surface area contributed by atoms with Gasteiger partial charge in [0.15, 0.2) is 0 Å². The standard InChI is InChI=1S/C22H25FN4O2/c1-22(2,3)29-21(28)27-11-9-26(10-12-27)20(17-5-4-8-25-15-17)18-7-6-16(14-24)13-19(18)23/h4-8,13,15,20H,9-12H2,1-3H3. The monoisotopic (exact) mass is 396 g/mol. The Kier molecular flexibility index (Phi) is 6.14. The van der Waals surface area contributed by atoms with Crippen molar-refractivity contribution in [2.24, 2.45) is 0 Å². The van der Waals surface area contributed by atoms with Crippen LogP contribution in [-0.4, -0.2) is 52.7 Å². The Bertz CT molecular complexity index is 897. The van der Waals surface area contributed by atoms with E-state index in [1.54, 1.807) is 29.4 Å². The summed E-state index contributed by atoms with van der Waals surface area (Å²) in [6.07, 6.45) is 3.07. The van der Waals surface area contributed by atoms with Crippen molar-refractivity contribution in [3.05, 3.63) is 65.2 Å². The molecule has 1 amide bonds. The number of piperazine rings is 1. The number of hydrogen-bond donors (Lipinski definition) is 0. The van der Waals surface area contributed by atoms with Crippen LogP contribution >= 0.6 is 0 Å². The molecule has 152 valence electrons. The Morgan fingerprint density at radius 1 is 1.24 bits per heavy atom. The zero-order valence-corrected chi connectivity index (χ0v) is 16.9. The van der Waals surface area contributed by atoms with Crippen molar-refractivity contribution in [2.75, 3.05) is 26.2 Å². The zero-order chi connectivity index (χ0) is 21.0. The van der Waals surface area contributed by atoms with Gasteiger partial charge < -0.3 is 9.64 Å². The second-order valence-corrected chi connectivity index (χ2v) is 8.04. The van der Waals surface area contributed by atoms with Gasteiger partial charge in [-0.15, -0.1) is 0 Å². The number of amides is 1. The average molecular weight is 396 g/mol. The number of carbonyl (C=O) groups is 1. The Morgan fingerprint density at radius 3 is 2.52 bits per heavy atom. The van der Waals surface area contributed by atoms with Gasteiger partial charge in [-0.3, -0.25) is 9.88 Å². The molecule has 0 spiro atoms. The summed E-state index contributed by atoms with van der Waals surface area (Å²) in [5.74, 6) is -0.424. The highest BCUT2D eigenvalue weighted by Gasteiger charge is 2.31. The lowest BCUT2D eigenvalue weighted by molar-refractivity contribution is 0.0118. The summed E-state index contributed by atoms with van der Waals surface area (Å²) in [6, 6.07) is 9.89. The van der Waals surface area contributed by atoms with E-state index in [1.165, 1.54) is 6.07 Å². The van der Waals surface area contributed by atoms with E-state index in [1.807, 2.05) is 39.0 Å². The van der Waals surface area contributed by atoms with Crippen molar-refractivity contribution in [1.29, 1.82) is 5.26 Å². The van der Waals surface area contributed by atoms with Gasteiger partial charge in [0.2, 0.25) is 0 Å². The molecule has 1 aliphatic heterocycles. The van der Waals surface area contributed by atoms with E-state index in [0.29, 0.717) is 31.7 Å². The summed E-state index contributed by atoms with van der Waals surface area (Å²) < 4.78 is 20.3. The molecule has 2 aromatic rings. The first-order valence-electron chi connectivity index (χ1n) is 9.60. The van der Waals surface area contributed by atoms with Gasteiger partial charge in [0.1, 0.15) is 11.4 Å². The Morgan fingerprint density at radius 2 is 1.97 bits per heavy atom. The second kappa shape index (κ2) is 8.58. The maximum Gasteiger partial charge on any atom is 0.410 e. The van der Waals surface area contributed by atoms with Crippen LogP contribution in [0.1, 0.15) is 43.5 Å². The number of nitrogens with zero attached hydrogens (tertiary/aromatic N) is 4. The minimum Gasteiger partial charge on any atom is -0.444 e. The minimum absolute atomic E-state index is 0.283. The average Bonchev–Trinajstić information content (AvgIpc) is 2.69. The van der Waals surface area contributed by atoms with E-state index >= 15 is 0 Å². The van der Waals surface area contributed by atoms with E-state index in [0.717, 1.165) is 5.56 Å². The van der Waals surface area contributed by atoms with E-state index in [2.05, 4.69) is 9.88 Å². The first-order chi connectivity index (χ1) is 13.8. The Hall–Kier alpha value is -2.98. The van der Waals surface area contributed by atoms with Crippen LogP contribution in [0.2, 0.25) is 0 Å². The number of aromatic nitrogens is 1. The summed E-state index contributed by atoms with van der Waals surface area (Å²) in [6.45, 7) is 7.64. The van der Waals surface area contributed by atoms with Gasteiger partial charge in [-0.2, -0.15) is 5.26 Å². The fraction of sp³-hybridized carbons (Fsp3) is 0.409. The van der Waals surface area contributed by atoms with Crippen LogP contribution in [0.5, 0.6) is 0 Å². The number of hydrogen-bond acceptors (Lipinski definition) is 5. The SMILES string of the molecule is CC(C)(C)OC(=O)N1CCN(C(c2cccnc2)c2ccc(C#N)cc2F)CC1. The number of rotatable bonds is 3. The van der Waals surface area contributed by atoms with Gasteiger partial charge in [0.25, 0.3) is 0 Å². The lowest BCUT2D eigenvalue weighted by Crippen LogP contribution is -2.51. The smallest absolute Gasteiger partial charge is 0.410 e. The van der Waals surface area contributed by atoms with E-state index in [9.17, 15) is 9.18 Å². The zero-order valence-electron chi connectivity index (χ0n) is 16.9. The second-order valence-electron chi connectivity index (χ2n) is 8.04. The highest BCUT2D eigenvalue weighted by Crippen LogP contribution is 2.31. The van der Waals surface area contributed by atoms with Gasteiger partial charge in [0.05, 0.1) is 17.7 Å². The third-order valence-corrected chi connectivity index (χ3v) is 4.76. The number of benzene rings is 1. The van der Waals surface area contributed by atoms with Crippen molar-refractivity contribution in [3.63, 3.8) is 0 Å². The molecule has 0 saturated carbocycles. The highest BCUT2D eigenvalue weighted by atomic mass is 19.1. The molecule has 3 rings (SSSR count). The molecule has 6 nitrogen and oxygen atoms in total. The molecule has 0 radical (unpaired) electrons. The van der Waals surface area contributed by atoms with Crippen molar-refractivity contribution < 1.29 is 13.9 Å². The van der Waals surface area contributed by atoms with Gasteiger partial charge >= 0.3 is 6.09 Å². The molecule has 1 aromatic carbocycles. The van der Waals surface area contributed by atoms with Crippen LogP contribution in [-0.2, 0) is 4.74 Å². The number of nitriles is 1. The number of pyridine rings is 1. The van der Waals surface area contributed by atoms with Crippen LogP contribution in [0.3, 0.4) is 0 Å². The quantitative estimate of drug-likeness (QED) is 0.791. The molecule has 1 atom stereocenters. The molecule has 2 heterocycles. The maximum atomic E-state index is 14.8. The first kappa shape index (κ1) is 20.7. The van der Waals surface area contributed by atoms with E-state index < -0.39 is 11.4 Å². The van der Waals surface area contributed by atoms with Crippen molar-refractivity contribution in [1.82, 2.24) is 14.8 Å². The molecular weight excluding hydrogens is 371 g/mol. The lowest BCUT2D eigenvalue weighted by Gasteiger charge is -2.40. The molecule has 0 bridgehead atoms. The Balaban J connectivity index is 1.82. The van der Waals surface area contributed by atoms with Crippen LogP contribution in [0.15, 0.2) is 42.7 Å². The Labute approximate surface area is 170 Å². The molecule has 0 aliphatic carbocycles. The fourth-order valence-corrected chi connectivity index (χ4v) is 3.43. The molecule has 1 fully saturated rings. The van der Waals surface area contributed by atoms with Gasteiger partial charge in [-0.25, -0.2) is 9.18 Å². The molecule has 1 unspecified atom stereocenters. The van der Waals surface area contributed by atoms with E-state index in [-0.39, 0.29) is 17.7 Å². The molecule has 1 aliphatic rings. The molecular formula is C22H25FN4O2. The highest BCUT2D eigenvalue weighted by molar-refractivity contribution is 5.68. The van der Waals surface area contributed by atoms with Gasteiger partial charge in [-0.1, -0.05) is 12.1 Å². The maximum absolute atomic E-state index is 14.8. The third-order valence-electron chi connectivity index (χ3n) is 4.76. The van der Waals surface area contributed by atoms with E-state index in [4.69, 9.17) is 10.00 Å². The molecule has 7 heteroatoms. The predicted octanol–water partition coefficient (Wildman–Crippen LogP) is 3.73. The topological polar surface area (TPSA) is 69.5 Å². The summed E-state index contributed by atoms with van der Waals surface area (Å²) in [4.78, 5) is 20.3. The molecule has 1 saturated heterocycles. The van der Waals surface area contributed by atoms with Gasteiger partial charge in [-0.05, 0) is 44.5 Å². The van der Waals surface area contributed by atoms with Crippen molar-refractivity contribution >= 4 is 6.09 Å². The summed E-state index contributed by atoms with van der Waals surface area (Å²) >= 11 is 0. The number of carbonyl (C=O) groups excluding carboxylic acids is 1. The minimum atomic E-state index is -0.544. The largest absolute Gasteiger partial charge is 0.444 e. The summed E-state index contributed by atoms with van der Waals surface area (Å²) in [7, 11) is 0. The first-order valence-corrected chi connectivity index (χ1v) is 9.60. The van der Waals surface area contributed by atoms with Crippen LogP contribution in [0, 0.1) is 17.1 Å². The number of halogens is 1. The van der Waals surface area contributed by atoms with Crippen molar-refractivity contribution in [2.45, 2.75) is 32.4 Å². The molecule has 29 heavy (non-hydrogen) atoms. The fourth-order valence-electron chi connectivity index (χ4n) is 3.43. The molecule has 0 N–H and O–H groups in total. The van der Waals surface area contributed by atoms with Crippen LogP contribution in [0.25, 0.3) is 0 Å². The normalized spacial score (nSPS) is 16.2. The van der Waals surface area contributed by atoms with Gasteiger partial charge in [0, 0.05) is 44.1 Å². The number of ether oxygens (including phenoxy) is 1.